The fourth-order valence-corrected chi connectivity index (χ4v) is 2.19. The number of rotatable bonds is 4. The lowest BCUT2D eigenvalue weighted by Gasteiger charge is -2.37. The molecule has 1 fully saturated rings. The highest BCUT2D eigenvalue weighted by Gasteiger charge is 2.22. The Morgan fingerprint density at radius 3 is 2.56 bits per heavy atom. The van der Waals surface area contributed by atoms with E-state index in [1.807, 2.05) is 0 Å². The Balaban J connectivity index is 0.00000225. The van der Waals surface area contributed by atoms with E-state index in [9.17, 15) is 0 Å². The molecule has 1 N–H and O–H groups in total. The fraction of sp³-hybridized carbons (Fsp3) is 1.00. The van der Waals surface area contributed by atoms with Gasteiger partial charge in [0.15, 0.2) is 0 Å². The summed E-state index contributed by atoms with van der Waals surface area (Å²) in [5.74, 6) is 0. The summed E-state index contributed by atoms with van der Waals surface area (Å²) in [6.45, 7) is 14.2. The molecule has 0 aromatic rings. The first-order valence-electron chi connectivity index (χ1n) is 6.47. The average molecular weight is 249 g/mol. The molecule has 0 aliphatic carbocycles. The minimum Gasteiger partial charge on any atom is -0.314 e. The molecule has 0 saturated carbocycles. The maximum Gasteiger partial charge on any atom is 0.0221 e. The zero-order valence-corrected chi connectivity index (χ0v) is 12.2. The van der Waals surface area contributed by atoms with E-state index < -0.39 is 0 Å². The van der Waals surface area contributed by atoms with E-state index in [4.69, 9.17) is 0 Å². The second-order valence-electron chi connectivity index (χ2n) is 5.99. The summed E-state index contributed by atoms with van der Waals surface area (Å²) in [6, 6.07) is 0.783. The highest BCUT2D eigenvalue weighted by atomic mass is 35.5. The molecule has 1 heterocycles. The van der Waals surface area contributed by atoms with Crippen molar-refractivity contribution in [1.82, 2.24) is 10.2 Å². The summed E-state index contributed by atoms with van der Waals surface area (Å²) in [6.07, 6.45) is 3.96. The van der Waals surface area contributed by atoms with Crippen molar-refractivity contribution in [3.8, 4) is 0 Å². The predicted molar refractivity (Wildman–Crippen MR) is 74.5 cm³/mol. The molecule has 0 radical (unpaired) electrons. The quantitative estimate of drug-likeness (QED) is 0.823. The van der Waals surface area contributed by atoms with E-state index in [1.54, 1.807) is 0 Å². The van der Waals surface area contributed by atoms with Crippen LogP contribution in [0, 0.1) is 5.41 Å². The molecule has 0 aromatic heterocycles. The van der Waals surface area contributed by atoms with E-state index >= 15 is 0 Å². The van der Waals surface area contributed by atoms with Crippen molar-refractivity contribution in [3.63, 3.8) is 0 Å². The number of halogens is 1. The Morgan fingerprint density at radius 1 is 1.31 bits per heavy atom. The third kappa shape index (κ3) is 6.07. The third-order valence-corrected chi connectivity index (χ3v) is 3.24. The van der Waals surface area contributed by atoms with Gasteiger partial charge in [-0.15, -0.1) is 12.4 Å². The molecule has 98 valence electrons. The Labute approximate surface area is 108 Å². The summed E-state index contributed by atoms with van der Waals surface area (Å²) in [4.78, 5) is 2.69. The van der Waals surface area contributed by atoms with Gasteiger partial charge < -0.3 is 5.32 Å². The van der Waals surface area contributed by atoms with Crippen LogP contribution in [0.3, 0.4) is 0 Å². The van der Waals surface area contributed by atoms with E-state index in [0.29, 0.717) is 5.41 Å². The van der Waals surface area contributed by atoms with Crippen LogP contribution < -0.4 is 5.32 Å². The van der Waals surface area contributed by atoms with E-state index in [1.165, 1.54) is 45.4 Å². The molecule has 1 rings (SSSR count). The number of hydrogen-bond acceptors (Lipinski definition) is 2. The first kappa shape index (κ1) is 16.2. The SMILES string of the molecule is CCCC1CNCCN1CCC(C)(C)C.Cl. The zero-order valence-electron chi connectivity index (χ0n) is 11.4. The van der Waals surface area contributed by atoms with E-state index in [0.717, 1.165) is 6.04 Å². The second kappa shape index (κ2) is 7.52. The molecule has 1 unspecified atom stereocenters. The number of hydrogen-bond donors (Lipinski definition) is 1. The summed E-state index contributed by atoms with van der Waals surface area (Å²) >= 11 is 0. The van der Waals surface area contributed by atoms with E-state index in [2.05, 4.69) is 37.9 Å². The lowest BCUT2D eigenvalue weighted by atomic mass is 9.91. The van der Waals surface area contributed by atoms with Gasteiger partial charge in [0.25, 0.3) is 0 Å². The lowest BCUT2D eigenvalue weighted by Crippen LogP contribution is -2.51. The van der Waals surface area contributed by atoms with Crippen molar-refractivity contribution in [3.05, 3.63) is 0 Å². The van der Waals surface area contributed by atoms with Crippen LogP contribution in [0.1, 0.15) is 47.0 Å². The standard InChI is InChI=1S/C13H28N2.ClH/c1-5-6-12-11-14-8-10-15(12)9-7-13(2,3)4;/h12,14H,5-11H2,1-4H3;1H. The van der Waals surface area contributed by atoms with Gasteiger partial charge in [0.1, 0.15) is 0 Å². The molecular weight excluding hydrogens is 220 g/mol. The maximum absolute atomic E-state index is 3.51. The van der Waals surface area contributed by atoms with Crippen molar-refractivity contribution in [2.45, 2.75) is 53.0 Å². The largest absolute Gasteiger partial charge is 0.314 e. The number of nitrogens with zero attached hydrogens (tertiary/aromatic N) is 1. The van der Waals surface area contributed by atoms with Gasteiger partial charge in [-0.3, -0.25) is 4.90 Å². The molecule has 0 bridgehead atoms. The topological polar surface area (TPSA) is 15.3 Å². The molecule has 0 amide bonds. The molecule has 0 aromatic carbocycles. The molecule has 1 aliphatic heterocycles. The van der Waals surface area contributed by atoms with Crippen LogP contribution in [0.2, 0.25) is 0 Å². The zero-order chi connectivity index (χ0) is 11.3. The molecule has 1 saturated heterocycles. The predicted octanol–water partition coefficient (Wildman–Crippen LogP) is 2.92. The van der Waals surface area contributed by atoms with Crippen LogP contribution in [-0.4, -0.2) is 37.1 Å². The molecule has 3 heteroatoms. The van der Waals surface area contributed by atoms with Gasteiger partial charge >= 0.3 is 0 Å². The lowest BCUT2D eigenvalue weighted by molar-refractivity contribution is 0.134. The molecule has 0 spiro atoms. The van der Waals surface area contributed by atoms with Crippen LogP contribution in [0.4, 0.5) is 0 Å². The van der Waals surface area contributed by atoms with Gasteiger partial charge in [-0.05, 0) is 24.8 Å². The first-order valence-corrected chi connectivity index (χ1v) is 6.47. The smallest absolute Gasteiger partial charge is 0.0221 e. The van der Waals surface area contributed by atoms with Crippen molar-refractivity contribution >= 4 is 12.4 Å². The number of piperazine rings is 1. The van der Waals surface area contributed by atoms with Crippen molar-refractivity contribution in [2.24, 2.45) is 5.41 Å². The third-order valence-electron chi connectivity index (χ3n) is 3.24. The Hall–Kier alpha value is 0.210. The summed E-state index contributed by atoms with van der Waals surface area (Å²) in [5.41, 5.74) is 0.474. The van der Waals surface area contributed by atoms with Gasteiger partial charge in [0.2, 0.25) is 0 Å². The molecule has 2 nitrogen and oxygen atoms in total. The maximum atomic E-state index is 3.51. The van der Waals surface area contributed by atoms with Crippen molar-refractivity contribution in [2.75, 3.05) is 26.2 Å². The Bertz CT molecular complexity index is 175. The highest BCUT2D eigenvalue weighted by Crippen LogP contribution is 2.20. The molecular formula is C13H29ClN2. The average Bonchev–Trinajstić information content (AvgIpc) is 2.16. The van der Waals surface area contributed by atoms with Crippen LogP contribution in [0.15, 0.2) is 0 Å². The minimum atomic E-state index is 0. The van der Waals surface area contributed by atoms with Crippen LogP contribution in [0.25, 0.3) is 0 Å². The van der Waals surface area contributed by atoms with Crippen LogP contribution >= 0.6 is 12.4 Å². The summed E-state index contributed by atoms with van der Waals surface area (Å²) in [7, 11) is 0. The Morgan fingerprint density at radius 2 is 2.00 bits per heavy atom. The summed E-state index contributed by atoms with van der Waals surface area (Å²) in [5, 5.41) is 3.51. The molecule has 16 heavy (non-hydrogen) atoms. The van der Waals surface area contributed by atoms with Crippen molar-refractivity contribution < 1.29 is 0 Å². The summed E-state index contributed by atoms with van der Waals surface area (Å²) < 4.78 is 0. The highest BCUT2D eigenvalue weighted by molar-refractivity contribution is 5.85. The van der Waals surface area contributed by atoms with Gasteiger partial charge in [0.05, 0.1) is 0 Å². The van der Waals surface area contributed by atoms with E-state index in [-0.39, 0.29) is 12.4 Å². The van der Waals surface area contributed by atoms with Gasteiger partial charge in [0, 0.05) is 25.7 Å². The molecule has 1 aliphatic rings. The van der Waals surface area contributed by atoms with Crippen LogP contribution in [-0.2, 0) is 0 Å². The Kier molecular flexibility index (Phi) is 7.62. The van der Waals surface area contributed by atoms with Gasteiger partial charge in [-0.25, -0.2) is 0 Å². The normalized spacial score (nSPS) is 22.9. The van der Waals surface area contributed by atoms with Crippen molar-refractivity contribution in [1.29, 1.82) is 0 Å². The minimum absolute atomic E-state index is 0. The molecule has 1 atom stereocenters. The van der Waals surface area contributed by atoms with Gasteiger partial charge in [-0.2, -0.15) is 0 Å². The first-order chi connectivity index (χ1) is 7.03. The number of nitrogens with one attached hydrogen (secondary N) is 1. The van der Waals surface area contributed by atoms with Gasteiger partial charge in [-0.1, -0.05) is 34.1 Å². The second-order valence-corrected chi connectivity index (χ2v) is 5.99. The monoisotopic (exact) mass is 248 g/mol. The van der Waals surface area contributed by atoms with Crippen LogP contribution in [0.5, 0.6) is 0 Å². The fourth-order valence-electron chi connectivity index (χ4n) is 2.19.